The molecule has 7 nitrogen and oxygen atoms in total. The Labute approximate surface area is 166 Å². The minimum Gasteiger partial charge on any atom is -0.444 e. The summed E-state index contributed by atoms with van der Waals surface area (Å²) < 4.78 is 76.5. The fourth-order valence-electron chi connectivity index (χ4n) is 3.55. The summed E-state index contributed by atoms with van der Waals surface area (Å²) in [5, 5.41) is 0. The van der Waals surface area contributed by atoms with Crippen molar-refractivity contribution >= 4 is 16.2 Å². The predicted molar refractivity (Wildman–Crippen MR) is 95.8 cm³/mol. The summed E-state index contributed by atoms with van der Waals surface area (Å²) in [4.78, 5) is 13.9. The molecule has 0 aromatic heterocycles. The Morgan fingerprint density at radius 1 is 1.28 bits per heavy atom. The monoisotopic (exact) mass is 437 g/mol. The summed E-state index contributed by atoms with van der Waals surface area (Å²) in [7, 11) is -5.81. The van der Waals surface area contributed by atoms with E-state index in [1.807, 2.05) is 0 Å². The first-order chi connectivity index (χ1) is 13.1. The lowest BCUT2D eigenvalue weighted by atomic mass is 9.81. The van der Waals surface area contributed by atoms with Gasteiger partial charge in [-0.2, -0.15) is 21.6 Å². The average Bonchev–Trinajstić information content (AvgIpc) is 2.90. The molecule has 0 unspecified atom stereocenters. The van der Waals surface area contributed by atoms with Gasteiger partial charge in [0.05, 0.1) is 18.8 Å². The Hall–Kier alpha value is -2.01. The van der Waals surface area contributed by atoms with E-state index in [0.29, 0.717) is 5.56 Å². The zero-order valence-electron chi connectivity index (χ0n) is 16.4. The van der Waals surface area contributed by atoms with Gasteiger partial charge in [-0.15, -0.1) is 0 Å². The fraction of sp³-hybridized carbons (Fsp3) is 0.611. The van der Waals surface area contributed by atoms with Crippen LogP contribution < -0.4 is 4.18 Å². The second kappa shape index (κ2) is 6.76. The highest BCUT2D eigenvalue weighted by Gasteiger charge is 2.52. The number of likely N-dealkylation sites (tertiary alicyclic amines) is 1. The normalized spacial score (nSPS) is 24.7. The highest BCUT2D eigenvalue weighted by Crippen LogP contribution is 2.47. The standard InChI is InChI=1S/C18H22F3NO6S/c1-16(2,3)27-15(23)22-8-13-11-6-5-7-14(28-29(24,25)18(19,20)21)12(11)9-26-17(13,4)10-22/h5-7,13H,8-10H2,1-4H3/t13-,17-/m0/s1. The Bertz CT molecular complexity index is 925. The van der Waals surface area contributed by atoms with E-state index < -0.39 is 38.7 Å². The van der Waals surface area contributed by atoms with E-state index >= 15 is 0 Å². The van der Waals surface area contributed by atoms with Crippen molar-refractivity contribution < 1.29 is 40.0 Å². The number of carbonyl (C=O) groups is 1. The van der Waals surface area contributed by atoms with Crippen LogP contribution in [0.25, 0.3) is 0 Å². The van der Waals surface area contributed by atoms with Crippen molar-refractivity contribution in [2.24, 2.45) is 0 Å². The molecule has 0 radical (unpaired) electrons. The lowest BCUT2D eigenvalue weighted by Gasteiger charge is -2.37. The number of amides is 1. The summed E-state index contributed by atoms with van der Waals surface area (Å²) in [5.41, 5.74) is -6.21. The number of hydrogen-bond acceptors (Lipinski definition) is 6. The van der Waals surface area contributed by atoms with Crippen LogP contribution in [0.5, 0.6) is 5.75 Å². The summed E-state index contributed by atoms with van der Waals surface area (Å²) in [6.07, 6.45) is -0.523. The third kappa shape index (κ3) is 4.16. The molecule has 2 aliphatic heterocycles. The summed E-state index contributed by atoms with van der Waals surface area (Å²) in [6, 6.07) is 4.24. The number of rotatable bonds is 2. The molecule has 1 saturated heterocycles. The number of benzene rings is 1. The van der Waals surface area contributed by atoms with Gasteiger partial charge in [0.2, 0.25) is 0 Å². The molecular formula is C18H22F3NO6S. The molecule has 0 bridgehead atoms. The number of ether oxygens (including phenoxy) is 2. The molecule has 1 aromatic carbocycles. The van der Waals surface area contributed by atoms with Crippen molar-refractivity contribution in [2.75, 3.05) is 13.1 Å². The van der Waals surface area contributed by atoms with Gasteiger partial charge in [0.15, 0.2) is 0 Å². The molecule has 1 aromatic rings. The van der Waals surface area contributed by atoms with Gasteiger partial charge >= 0.3 is 21.7 Å². The van der Waals surface area contributed by atoms with Gasteiger partial charge in [0, 0.05) is 18.0 Å². The first-order valence-electron chi connectivity index (χ1n) is 8.87. The van der Waals surface area contributed by atoms with Gasteiger partial charge in [-0.05, 0) is 39.3 Å². The maximum atomic E-state index is 12.7. The molecule has 1 amide bonds. The zero-order chi connectivity index (χ0) is 21.8. The SMILES string of the molecule is CC(C)(C)OC(=O)N1C[C@H]2c3cccc(OS(=O)(=O)C(F)(F)F)c3CO[C@@]2(C)C1. The van der Waals surface area contributed by atoms with Crippen LogP contribution in [0.4, 0.5) is 18.0 Å². The molecule has 3 rings (SSSR count). The van der Waals surface area contributed by atoms with E-state index in [2.05, 4.69) is 4.18 Å². The van der Waals surface area contributed by atoms with Crippen LogP contribution in [0.2, 0.25) is 0 Å². The smallest absolute Gasteiger partial charge is 0.444 e. The highest BCUT2D eigenvalue weighted by atomic mass is 32.2. The van der Waals surface area contributed by atoms with E-state index in [-0.39, 0.29) is 31.2 Å². The van der Waals surface area contributed by atoms with Crippen molar-refractivity contribution in [2.45, 2.75) is 56.9 Å². The summed E-state index contributed by atoms with van der Waals surface area (Å²) >= 11 is 0. The molecular weight excluding hydrogens is 415 g/mol. The number of carbonyl (C=O) groups excluding carboxylic acids is 1. The van der Waals surface area contributed by atoms with Crippen LogP contribution in [0.15, 0.2) is 18.2 Å². The van der Waals surface area contributed by atoms with Crippen LogP contribution in [0, 0.1) is 0 Å². The summed E-state index contributed by atoms with van der Waals surface area (Å²) in [6.45, 7) is 7.33. The zero-order valence-corrected chi connectivity index (χ0v) is 17.2. The lowest BCUT2D eigenvalue weighted by Crippen LogP contribution is -2.41. The van der Waals surface area contributed by atoms with Crippen molar-refractivity contribution in [3.8, 4) is 5.75 Å². The molecule has 2 heterocycles. The van der Waals surface area contributed by atoms with Crippen molar-refractivity contribution in [1.29, 1.82) is 0 Å². The van der Waals surface area contributed by atoms with Gasteiger partial charge in [-0.25, -0.2) is 4.79 Å². The molecule has 11 heteroatoms. The van der Waals surface area contributed by atoms with E-state index in [1.54, 1.807) is 33.8 Å². The van der Waals surface area contributed by atoms with E-state index in [9.17, 15) is 26.4 Å². The van der Waals surface area contributed by atoms with E-state index in [1.165, 1.54) is 11.0 Å². The number of nitrogens with zero attached hydrogens (tertiary/aromatic N) is 1. The fourth-order valence-corrected chi connectivity index (χ4v) is 4.04. The van der Waals surface area contributed by atoms with Crippen molar-refractivity contribution in [1.82, 2.24) is 4.90 Å². The van der Waals surface area contributed by atoms with Gasteiger partial charge < -0.3 is 18.6 Å². The third-order valence-electron chi connectivity index (χ3n) is 4.87. The van der Waals surface area contributed by atoms with Crippen molar-refractivity contribution in [3.63, 3.8) is 0 Å². The Morgan fingerprint density at radius 2 is 1.93 bits per heavy atom. The number of hydrogen-bond donors (Lipinski definition) is 0. The first-order valence-corrected chi connectivity index (χ1v) is 10.3. The predicted octanol–water partition coefficient (Wildman–Crippen LogP) is 3.54. The molecule has 1 fully saturated rings. The summed E-state index contributed by atoms with van der Waals surface area (Å²) in [5.74, 6) is -0.812. The van der Waals surface area contributed by atoms with Crippen molar-refractivity contribution in [3.05, 3.63) is 29.3 Å². The quantitative estimate of drug-likeness (QED) is 0.520. The largest absolute Gasteiger partial charge is 0.534 e. The molecule has 162 valence electrons. The van der Waals surface area contributed by atoms with E-state index in [0.717, 1.165) is 6.07 Å². The molecule has 2 aliphatic rings. The number of alkyl halides is 3. The number of halogens is 3. The van der Waals surface area contributed by atoms with Gasteiger partial charge in [0.25, 0.3) is 0 Å². The minimum absolute atomic E-state index is 0.145. The van der Waals surface area contributed by atoms with Gasteiger partial charge in [0.1, 0.15) is 11.4 Å². The Kier molecular flexibility index (Phi) is 5.06. The van der Waals surface area contributed by atoms with Crippen LogP contribution in [-0.2, 0) is 26.2 Å². The Balaban J connectivity index is 1.90. The third-order valence-corrected chi connectivity index (χ3v) is 5.84. The maximum Gasteiger partial charge on any atom is 0.534 e. The molecule has 0 aliphatic carbocycles. The first kappa shape index (κ1) is 21.7. The van der Waals surface area contributed by atoms with Crippen LogP contribution >= 0.6 is 0 Å². The Morgan fingerprint density at radius 3 is 2.52 bits per heavy atom. The molecule has 29 heavy (non-hydrogen) atoms. The van der Waals surface area contributed by atoms with Gasteiger partial charge in [-0.3, -0.25) is 0 Å². The topological polar surface area (TPSA) is 82.1 Å². The molecule has 0 saturated carbocycles. The van der Waals surface area contributed by atoms with Gasteiger partial charge in [-0.1, -0.05) is 12.1 Å². The van der Waals surface area contributed by atoms with E-state index in [4.69, 9.17) is 9.47 Å². The second-order valence-electron chi connectivity index (χ2n) is 8.32. The maximum absolute atomic E-state index is 12.7. The average molecular weight is 437 g/mol. The number of fused-ring (bicyclic) bond motifs is 3. The van der Waals surface area contributed by atoms with Crippen LogP contribution in [0.3, 0.4) is 0 Å². The lowest BCUT2D eigenvalue weighted by molar-refractivity contribution is -0.0589. The molecule has 0 N–H and O–H groups in total. The van der Waals surface area contributed by atoms with Crippen LogP contribution in [0.1, 0.15) is 44.7 Å². The highest BCUT2D eigenvalue weighted by molar-refractivity contribution is 7.88. The molecule has 2 atom stereocenters. The minimum atomic E-state index is -5.81. The second-order valence-corrected chi connectivity index (χ2v) is 9.86. The molecule has 0 spiro atoms. The van der Waals surface area contributed by atoms with Crippen LogP contribution in [-0.4, -0.2) is 49.2 Å².